The van der Waals surface area contributed by atoms with Gasteiger partial charge in [0, 0.05) is 15.6 Å². The van der Waals surface area contributed by atoms with E-state index < -0.39 is 0 Å². The molecule has 4 nitrogen and oxygen atoms in total. The molecule has 4 bridgehead atoms. The highest BCUT2D eigenvalue weighted by molar-refractivity contribution is 9.10. The van der Waals surface area contributed by atoms with E-state index in [0.29, 0.717) is 5.56 Å². The summed E-state index contributed by atoms with van der Waals surface area (Å²) in [5.74, 6) is 1.95. The van der Waals surface area contributed by atoms with E-state index in [-0.39, 0.29) is 17.4 Å². The smallest absolute Gasteiger partial charge is 0.331 e. The molecule has 24 heavy (non-hydrogen) atoms. The van der Waals surface area contributed by atoms with Crippen molar-refractivity contribution in [1.29, 1.82) is 0 Å². The topological polar surface area (TPSA) is 53.5 Å². The number of carbonyl (C=O) groups is 1. The van der Waals surface area contributed by atoms with Crippen molar-refractivity contribution in [2.24, 2.45) is 22.9 Å². The summed E-state index contributed by atoms with van der Waals surface area (Å²) in [6, 6.07) is 4.32. The molecule has 1 aromatic rings. The van der Waals surface area contributed by atoms with Crippen LogP contribution in [0.25, 0.3) is 0 Å². The van der Waals surface area contributed by atoms with Gasteiger partial charge in [-0.15, -0.1) is 0 Å². The fraction of sp³-hybridized carbons (Fsp3) is 0.556. The van der Waals surface area contributed by atoms with E-state index in [9.17, 15) is 9.18 Å². The standard InChI is InChI=1S/C18H21BrFN3O/c19-15-1-2-16(20)14(6-15)10-21-23-17(24)22-18-7-11-3-12(8-18)5-13(4-11)9-18/h1-2,6,10-13H,3-5,7-9H2,(H2,22,23,24)/b21-10+. The predicted molar refractivity (Wildman–Crippen MR) is 94.3 cm³/mol. The zero-order valence-corrected chi connectivity index (χ0v) is 15.0. The molecule has 0 aromatic heterocycles. The number of urea groups is 1. The Bertz CT molecular complexity index is 656. The minimum atomic E-state index is -0.370. The van der Waals surface area contributed by atoms with E-state index in [4.69, 9.17) is 0 Å². The summed E-state index contributed by atoms with van der Waals surface area (Å²) in [4.78, 5) is 12.2. The molecule has 4 fully saturated rings. The highest BCUT2D eigenvalue weighted by atomic mass is 79.9. The Labute approximate surface area is 149 Å². The van der Waals surface area contributed by atoms with E-state index in [1.807, 2.05) is 0 Å². The van der Waals surface area contributed by atoms with Crippen molar-refractivity contribution in [2.75, 3.05) is 0 Å². The van der Waals surface area contributed by atoms with E-state index in [2.05, 4.69) is 31.8 Å². The van der Waals surface area contributed by atoms with E-state index >= 15 is 0 Å². The number of nitrogens with zero attached hydrogens (tertiary/aromatic N) is 1. The van der Waals surface area contributed by atoms with Gasteiger partial charge < -0.3 is 5.32 Å². The number of benzene rings is 1. The maximum absolute atomic E-state index is 13.6. The summed E-state index contributed by atoms with van der Waals surface area (Å²) in [7, 11) is 0. The molecule has 2 amide bonds. The minimum Gasteiger partial charge on any atom is -0.331 e. The lowest BCUT2D eigenvalue weighted by Gasteiger charge is -2.56. The molecule has 0 heterocycles. The van der Waals surface area contributed by atoms with Crippen molar-refractivity contribution in [3.05, 3.63) is 34.1 Å². The second kappa shape index (κ2) is 6.14. The SMILES string of the molecule is O=C(N/N=C/c1cc(Br)ccc1F)NC12CC3CC(CC(C3)C1)C2. The van der Waals surface area contributed by atoms with E-state index in [1.165, 1.54) is 31.5 Å². The van der Waals surface area contributed by atoms with Gasteiger partial charge in [-0.3, -0.25) is 0 Å². The summed E-state index contributed by atoms with van der Waals surface area (Å²) >= 11 is 3.29. The summed E-state index contributed by atoms with van der Waals surface area (Å²) < 4.78 is 14.4. The van der Waals surface area contributed by atoms with Gasteiger partial charge in [0.2, 0.25) is 0 Å². The molecule has 2 N–H and O–H groups in total. The maximum atomic E-state index is 13.6. The molecule has 4 saturated carbocycles. The molecule has 0 saturated heterocycles. The van der Waals surface area contributed by atoms with Crippen LogP contribution in [0.5, 0.6) is 0 Å². The van der Waals surface area contributed by atoms with Crippen LogP contribution in [0.3, 0.4) is 0 Å². The quantitative estimate of drug-likeness (QED) is 0.586. The van der Waals surface area contributed by atoms with Crippen molar-refractivity contribution >= 4 is 28.2 Å². The number of carbonyl (C=O) groups excluding carboxylic acids is 1. The van der Waals surface area contributed by atoms with Gasteiger partial charge in [0.15, 0.2) is 0 Å². The summed E-state index contributed by atoms with van der Waals surface area (Å²) in [6.07, 6.45) is 8.62. The predicted octanol–water partition coefficient (Wildman–Crippen LogP) is 4.19. The third-order valence-corrected chi connectivity index (χ3v) is 6.24. The average Bonchev–Trinajstić information content (AvgIpc) is 2.48. The number of rotatable bonds is 3. The van der Waals surface area contributed by atoms with Gasteiger partial charge in [-0.05, 0) is 74.5 Å². The third kappa shape index (κ3) is 3.21. The number of hydrogen-bond donors (Lipinski definition) is 2. The molecule has 0 unspecified atom stereocenters. The van der Waals surface area contributed by atoms with Crippen molar-refractivity contribution in [1.82, 2.24) is 10.7 Å². The van der Waals surface area contributed by atoms with Crippen molar-refractivity contribution in [3.8, 4) is 0 Å². The van der Waals surface area contributed by atoms with Crippen LogP contribution in [0, 0.1) is 23.6 Å². The van der Waals surface area contributed by atoms with Crippen LogP contribution < -0.4 is 10.7 Å². The second-order valence-electron chi connectivity index (χ2n) is 7.69. The first-order valence-corrected chi connectivity index (χ1v) is 9.37. The Morgan fingerprint density at radius 1 is 1.21 bits per heavy atom. The van der Waals surface area contributed by atoms with Crippen LogP contribution in [0.15, 0.2) is 27.8 Å². The van der Waals surface area contributed by atoms with Gasteiger partial charge in [0.1, 0.15) is 5.82 Å². The highest BCUT2D eigenvalue weighted by Gasteiger charge is 2.51. The zero-order valence-electron chi connectivity index (χ0n) is 13.4. The van der Waals surface area contributed by atoms with E-state index in [0.717, 1.165) is 41.5 Å². The lowest BCUT2D eigenvalue weighted by atomic mass is 9.53. The summed E-state index contributed by atoms with van der Waals surface area (Å²) in [5, 5.41) is 7.06. The summed E-state index contributed by atoms with van der Waals surface area (Å²) in [5.41, 5.74) is 2.78. The molecule has 0 atom stereocenters. The van der Waals surface area contributed by atoms with Gasteiger partial charge >= 0.3 is 6.03 Å². The molecule has 4 aliphatic rings. The third-order valence-electron chi connectivity index (χ3n) is 5.74. The molecule has 1 aromatic carbocycles. The lowest BCUT2D eigenvalue weighted by Crippen LogP contribution is -2.61. The number of amides is 2. The molecule has 0 aliphatic heterocycles. The van der Waals surface area contributed by atoms with Crippen LogP contribution in [0.4, 0.5) is 9.18 Å². The van der Waals surface area contributed by atoms with Crippen LogP contribution >= 0.6 is 15.9 Å². The Hall–Kier alpha value is -1.43. The maximum Gasteiger partial charge on any atom is 0.335 e. The van der Waals surface area contributed by atoms with Gasteiger partial charge in [-0.25, -0.2) is 14.6 Å². The Morgan fingerprint density at radius 3 is 2.46 bits per heavy atom. The van der Waals surface area contributed by atoms with Crippen molar-refractivity contribution in [3.63, 3.8) is 0 Å². The number of nitrogens with one attached hydrogen (secondary N) is 2. The largest absolute Gasteiger partial charge is 0.335 e. The van der Waals surface area contributed by atoms with Gasteiger partial charge in [-0.1, -0.05) is 15.9 Å². The molecule has 4 aliphatic carbocycles. The number of hydrogen-bond acceptors (Lipinski definition) is 2. The fourth-order valence-electron chi connectivity index (χ4n) is 5.31. The van der Waals surface area contributed by atoms with Crippen LogP contribution in [0.1, 0.15) is 44.1 Å². The van der Waals surface area contributed by atoms with Gasteiger partial charge in [0.25, 0.3) is 0 Å². The molecule has 6 heteroatoms. The molecule has 0 spiro atoms. The van der Waals surface area contributed by atoms with Gasteiger partial charge in [-0.2, -0.15) is 5.10 Å². The molecule has 128 valence electrons. The molecule has 5 rings (SSSR count). The lowest BCUT2D eigenvalue weighted by molar-refractivity contribution is -0.0135. The highest BCUT2D eigenvalue weighted by Crippen LogP contribution is 2.55. The second-order valence-corrected chi connectivity index (χ2v) is 8.60. The normalized spacial score (nSPS) is 33.8. The Balaban J connectivity index is 1.37. The first kappa shape index (κ1) is 16.1. The molecular formula is C18H21BrFN3O. The first-order valence-electron chi connectivity index (χ1n) is 8.58. The van der Waals surface area contributed by atoms with Crippen molar-refractivity contribution < 1.29 is 9.18 Å². The van der Waals surface area contributed by atoms with E-state index in [1.54, 1.807) is 12.1 Å². The van der Waals surface area contributed by atoms with Gasteiger partial charge in [0.05, 0.1) is 6.21 Å². The minimum absolute atomic E-state index is 0.0463. The first-order chi connectivity index (χ1) is 11.5. The van der Waals surface area contributed by atoms with Crippen LogP contribution in [-0.2, 0) is 0 Å². The monoisotopic (exact) mass is 393 g/mol. The number of hydrazone groups is 1. The van der Waals surface area contributed by atoms with Crippen LogP contribution in [0.2, 0.25) is 0 Å². The number of halogens is 2. The fourth-order valence-corrected chi connectivity index (χ4v) is 5.69. The Kier molecular flexibility index (Phi) is 4.11. The summed E-state index contributed by atoms with van der Waals surface area (Å²) in [6.45, 7) is 0. The Morgan fingerprint density at radius 2 is 1.83 bits per heavy atom. The molecular weight excluding hydrogens is 373 g/mol. The zero-order chi connectivity index (χ0) is 16.7. The van der Waals surface area contributed by atoms with Crippen molar-refractivity contribution in [2.45, 2.75) is 44.1 Å². The average molecular weight is 394 g/mol. The van der Waals surface area contributed by atoms with Crippen LogP contribution in [-0.4, -0.2) is 17.8 Å². The molecule has 0 radical (unpaired) electrons.